The van der Waals surface area contributed by atoms with E-state index >= 15 is 0 Å². The van der Waals surface area contributed by atoms with Crippen LogP contribution in [0.15, 0.2) is 86.0 Å². The minimum atomic E-state index is 0.441. The van der Waals surface area contributed by atoms with Gasteiger partial charge in [-0.25, -0.2) is 0 Å². The number of benzene rings is 1. The van der Waals surface area contributed by atoms with Crippen LogP contribution >= 0.6 is 0 Å². The minimum absolute atomic E-state index is 0.441. The quantitative estimate of drug-likeness (QED) is 0.339. The molecular formula is C26H41N. The number of likely N-dealkylation sites (N-methyl/N-ethyl adjacent to an activating group) is 1. The molecule has 0 aromatic heterocycles. The molecule has 0 spiro atoms. The van der Waals surface area contributed by atoms with Crippen molar-refractivity contribution in [2.45, 2.75) is 60.5 Å². The Morgan fingerprint density at radius 2 is 1.56 bits per heavy atom. The lowest BCUT2D eigenvalue weighted by Crippen LogP contribution is -2.30. The van der Waals surface area contributed by atoms with Gasteiger partial charge in [-0.05, 0) is 51.8 Å². The van der Waals surface area contributed by atoms with E-state index in [1.807, 2.05) is 32.1 Å². The van der Waals surface area contributed by atoms with E-state index in [4.69, 9.17) is 0 Å². The topological polar surface area (TPSA) is 3.24 Å². The largest absolute Gasteiger partial charge is 0.293 e. The van der Waals surface area contributed by atoms with Gasteiger partial charge in [0.15, 0.2) is 0 Å². The second kappa shape index (κ2) is 18.7. The van der Waals surface area contributed by atoms with Gasteiger partial charge in [-0.2, -0.15) is 0 Å². The Morgan fingerprint density at radius 3 is 1.93 bits per heavy atom. The highest BCUT2D eigenvalue weighted by Gasteiger charge is 2.08. The van der Waals surface area contributed by atoms with Crippen molar-refractivity contribution in [2.24, 2.45) is 0 Å². The number of allylic oxidation sites excluding steroid dienone is 6. The van der Waals surface area contributed by atoms with E-state index in [-0.39, 0.29) is 0 Å². The first-order valence-electron chi connectivity index (χ1n) is 9.87. The molecule has 27 heavy (non-hydrogen) atoms. The van der Waals surface area contributed by atoms with Gasteiger partial charge in [0.25, 0.3) is 0 Å². The van der Waals surface area contributed by atoms with E-state index < -0.39 is 0 Å². The molecule has 0 saturated heterocycles. The Bertz CT molecular complexity index is 560. The summed E-state index contributed by atoms with van der Waals surface area (Å²) in [5.74, 6) is 0. The van der Waals surface area contributed by atoms with Crippen LogP contribution in [0.5, 0.6) is 0 Å². The first-order chi connectivity index (χ1) is 12.9. The van der Waals surface area contributed by atoms with E-state index in [9.17, 15) is 0 Å². The molecule has 0 aliphatic rings. The Labute approximate surface area is 169 Å². The number of nitrogens with zero attached hydrogens (tertiary/aromatic N) is 1. The van der Waals surface area contributed by atoms with Gasteiger partial charge in [0, 0.05) is 12.6 Å². The van der Waals surface area contributed by atoms with Crippen LogP contribution in [0.2, 0.25) is 0 Å². The summed E-state index contributed by atoms with van der Waals surface area (Å²) >= 11 is 0. The summed E-state index contributed by atoms with van der Waals surface area (Å²) in [6.07, 6.45) is 12.6. The molecule has 1 unspecified atom stereocenters. The van der Waals surface area contributed by atoms with Gasteiger partial charge in [0.05, 0.1) is 0 Å². The first kappa shape index (κ1) is 27.1. The van der Waals surface area contributed by atoms with Crippen LogP contribution in [-0.4, -0.2) is 17.5 Å². The molecule has 0 bridgehead atoms. The third kappa shape index (κ3) is 14.7. The van der Waals surface area contributed by atoms with Gasteiger partial charge in [0.1, 0.15) is 0 Å². The predicted octanol–water partition coefficient (Wildman–Crippen LogP) is 7.53. The van der Waals surface area contributed by atoms with Crippen LogP contribution in [0.1, 0.15) is 52.7 Å². The molecule has 1 aromatic rings. The molecule has 150 valence electrons. The summed E-state index contributed by atoms with van der Waals surface area (Å²) in [7, 11) is 0. The zero-order chi connectivity index (χ0) is 21.1. The number of rotatable bonds is 8. The molecule has 0 aliphatic carbocycles. The summed E-state index contributed by atoms with van der Waals surface area (Å²) < 4.78 is 0. The van der Waals surface area contributed by atoms with Crippen molar-refractivity contribution in [3.8, 4) is 0 Å². The van der Waals surface area contributed by atoms with Gasteiger partial charge in [-0.3, -0.25) is 4.90 Å². The molecule has 1 heteroatoms. The third-order valence-corrected chi connectivity index (χ3v) is 4.09. The zero-order valence-electron chi connectivity index (χ0n) is 18.5. The molecule has 0 N–H and O–H groups in total. The molecule has 0 radical (unpaired) electrons. The van der Waals surface area contributed by atoms with Gasteiger partial charge >= 0.3 is 0 Å². The van der Waals surface area contributed by atoms with Crippen LogP contribution < -0.4 is 0 Å². The van der Waals surface area contributed by atoms with Crippen LogP contribution in [0.4, 0.5) is 0 Å². The lowest BCUT2D eigenvalue weighted by Gasteiger charge is -2.25. The molecule has 0 heterocycles. The van der Waals surface area contributed by atoms with Crippen molar-refractivity contribution < 1.29 is 0 Å². The highest BCUT2D eigenvalue weighted by molar-refractivity contribution is 5.22. The van der Waals surface area contributed by atoms with E-state index in [0.29, 0.717) is 6.04 Å². The normalized spacial score (nSPS) is 11.7. The van der Waals surface area contributed by atoms with Crippen molar-refractivity contribution in [1.29, 1.82) is 0 Å². The molecule has 0 aliphatic heterocycles. The van der Waals surface area contributed by atoms with E-state index in [1.54, 1.807) is 12.2 Å². The summed E-state index contributed by atoms with van der Waals surface area (Å²) in [6, 6.07) is 9.36. The number of aryl methyl sites for hydroxylation is 1. The van der Waals surface area contributed by atoms with E-state index in [1.165, 1.54) is 16.7 Å². The monoisotopic (exact) mass is 367 g/mol. The number of hydrogen-bond donors (Lipinski definition) is 0. The maximum absolute atomic E-state index is 3.86. The fraction of sp³-hybridized carbons (Fsp3) is 0.385. The van der Waals surface area contributed by atoms with Crippen molar-refractivity contribution in [3.05, 3.63) is 97.2 Å². The Kier molecular flexibility index (Phi) is 18.7. The molecule has 1 rings (SSSR count). The molecule has 1 nitrogen and oxygen atoms in total. The van der Waals surface area contributed by atoms with Crippen LogP contribution in [-0.2, 0) is 13.0 Å². The van der Waals surface area contributed by atoms with Crippen LogP contribution in [0.3, 0.4) is 0 Å². The van der Waals surface area contributed by atoms with Crippen LogP contribution in [0, 0.1) is 0 Å². The highest BCUT2D eigenvalue weighted by Crippen LogP contribution is 2.10. The molecular weight excluding hydrogens is 326 g/mol. The third-order valence-electron chi connectivity index (χ3n) is 4.09. The Hall–Kier alpha value is -2.12. The van der Waals surface area contributed by atoms with Gasteiger partial charge in [-0.1, -0.05) is 86.7 Å². The SMILES string of the molecule is C=C/C=C\C(C)=C\C.C=CC.C=CC(C)N(CC)Cc1ccc(CC)cc1. The van der Waals surface area contributed by atoms with E-state index in [2.05, 4.69) is 82.7 Å². The fourth-order valence-electron chi connectivity index (χ4n) is 2.12. The first-order valence-corrected chi connectivity index (χ1v) is 9.87. The maximum Gasteiger partial charge on any atom is 0.0250 e. The fourth-order valence-corrected chi connectivity index (χ4v) is 2.12. The van der Waals surface area contributed by atoms with Gasteiger partial charge in [0.2, 0.25) is 0 Å². The average Bonchev–Trinajstić information content (AvgIpc) is 2.71. The van der Waals surface area contributed by atoms with Crippen molar-refractivity contribution in [2.75, 3.05) is 6.54 Å². The smallest absolute Gasteiger partial charge is 0.0250 e. The van der Waals surface area contributed by atoms with Gasteiger partial charge in [-0.15, -0.1) is 13.2 Å². The summed E-state index contributed by atoms with van der Waals surface area (Å²) in [5, 5.41) is 0. The second-order valence-corrected chi connectivity index (χ2v) is 6.25. The van der Waals surface area contributed by atoms with Gasteiger partial charge < -0.3 is 0 Å². The second-order valence-electron chi connectivity index (χ2n) is 6.25. The maximum atomic E-state index is 3.86. The molecule has 0 saturated carbocycles. The van der Waals surface area contributed by atoms with E-state index in [0.717, 1.165) is 19.5 Å². The zero-order valence-corrected chi connectivity index (χ0v) is 18.5. The molecule has 1 atom stereocenters. The highest BCUT2D eigenvalue weighted by atomic mass is 15.1. The van der Waals surface area contributed by atoms with Crippen molar-refractivity contribution >= 4 is 0 Å². The van der Waals surface area contributed by atoms with Crippen LogP contribution in [0.25, 0.3) is 0 Å². The van der Waals surface area contributed by atoms with Crippen molar-refractivity contribution in [1.82, 2.24) is 4.90 Å². The predicted molar refractivity (Wildman–Crippen MR) is 126 cm³/mol. The summed E-state index contributed by atoms with van der Waals surface area (Å²) in [4.78, 5) is 2.41. The summed E-state index contributed by atoms with van der Waals surface area (Å²) in [6.45, 7) is 25.4. The standard InChI is InChI=1S/C15H23N.C8H12.C3H6/c1-5-13(4)16(7-3)12-15-10-8-14(6-2)9-11-15;1-4-6-7-8(3)5-2;1-3-2/h5,8-11,13H,1,6-7,12H2,2-4H3;4-7H,1H2,2-3H3;3H,1H2,2H3/b;7-6-,8-5+;. The minimum Gasteiger partial charge on any atom is -0.293 e. The Balaban J connectivity index is 0. The molecule has 0 amide bonds. The number of hydrogen-bond acceptors (Lipinski definition) is 1. The molecule has 1 aromatic carbocycles. The lowest BCUT2D eigenvalue weighted by atomic mass is 10.1. The average molecular weight is 368 g/mol. The van der Waals surface area contributed by atoms with Crippen molar-refractivity contribution in [3.63, 3.8) is 0 Å². The molecule has 0 fully saturated rings. The lowest BCUT2D eigenvalue weighted by molar-refractivity contribution is 0.245. The summed E-state index contributed by atoms with van der Waals surface area (Å²) in [5.41, 5.74) is 4.06. The Morgan fingerprint density at radius 1 is 1.04 bits per heavy atom.